The molecule has 0 amide bonds. The number of nitrogens with one attached hydrogen (secondary N) is 1. The van der Waals surface area contributed by atoms with Crippen LogP contribution in [-0.2, 0) is 0 Å². The highest BCUT2D eigenvalue weighted by atomic mass is 32.2. The Morgan fingerprint density at radius 1 is 1.21 bits per heavy atom. The van der Waals surface area contributed by atoms with Gasteiger partial charge in [-0.25, -0.2) is 0 Å². The molecule has 0 radical (unpaired) electrons. The van der Waals surface area contributed by atoms with E-state index in [0.717, 1.165) is 5.03 Å². The first-order valence-electron chi connectivity index (χ1n) is 5.38. The van der Waals surface area contributed by atoms with Crippen molar-refractivity contribution in [1.29, 1.82) is 0 Å². The quantitative estimate of drug-likeness (QED) is 0.677. The summed E-state index contributed by atoms with van der Waals surface area (Å²) in [6, 6.07) is 0. The fraction of sp³-hybridized carbons (Fsp3) is 0.667. The second-order valence-corrected chi connectivity index (χ2v) is 4.67. The van der Waals surface area contributed by atoms with Gasteiger partial charge < -0.3 is 5.32 Å². The molecule has 0 aromatic carbocycles. The van der Waals surface area contributed by atoms with E-state index in [1.54, 1.807) is 11.8 Å². The molecule has 0 unspecified atom stereocenters. The van der Waals surface area contributed by atoms with Gasteiger partial charge in [0.2, 0.25) is 0 Å². The fourth-order valence-electron chi connectivity index (χ4n) is 1.29. The summed E-state index contributed by atoms with van der Waals surface area (Å²) in [6.45, 7) is 10.6. The van der Waals surface area contributed by atoms with Crippen molar-refractivity contribution in [2.45, 2.75) is 46.5 Å². The summed E-state index contributed by atoms with van der Waals surface area (Å²) in [7, 11) is 1.92. The summed E-state index contributed by atoms with van der Waals surface area (Å²) in [4.78, 5) is 1.49. The molecule has 2 heteroatoms. The van der Waals surface area contributed by atoms with Crippen molar-refractivity contribution >= 4 is 11.8 Å². The summed E-state index contributed by atoms with van der Waals surface area (Å²) in [6.07, 6.45) is 4.82. The minimum Gasteiger partial charge on any atom is -0.383 e. The average Bonchev–Trinajstić information content (AvgIpc) is 2.17. The second-order valence-electron chi connectivity index (χ2n) is 3.48. The van der Waals surface area contributed by atoms with Crippen molar-refractivity contribution in [3.05, 3.63) is 22.1 Å². The highest BCUT2D eigenvalue weighted by Crippen LogP contribution is 2.30. The van der Waals surface area contributed by atoms with E-state index in [1.807, 2.05) is 7.05 Å². The van der Waals surface area contributed by atoms with Gasteiger partial charge in [0.25, 0.3) is 0 Å². The SMILES string of the molecule is C=C(NC)S/C(CCC)=C(\C)CCC. The number of hydrogen-bond donors (Lipinski definition) is 1. The van der Waals surface area contributed by atoms with Crippen LogP contribution in [0.4, 0.5) is 0 Å². The molecule has 1 N–H and O–H groups in total. The van der Waals surface area contributed by atoms with Gasteiger partial charge in [-0.3, -0.25) is 0 Å². The Labute approximate surface area is 93.0 Å². The van der Waals surface area contributed by atoms with Gasteiger partial charge in [0, 0.05) is 7.05 Å². The standard InChI is InChI=1S/C12H23NS/c1-6-8-10(3)12(9-7-2)14-11(4)13-5/h13H,4,6-9H2,1-3,5H3/b12-10+. The predicted octanol–water partition coefficient (Wildman–Crippen LogP) is 4.28. The number of rotatable bonds is 7. The highest BCUT2D eigenvalue weighted by molar-refractivity contribution is 8.06. The maximum atomic E-state index is 3.96. The minimum atomic E-state index is 1.05. The van der Waals surface area contributed by atoms with Crippen molar-refractivity contribution in [2.24, 2.45) is 0 Å². The summed E-state index contributed by atoms with van der Waals surface area (Å²) in [5, 5.41) is 4.13. The first-order chi connectivity index (χ1) is 6.65. The van der Waals surface area contributed by atoms with Crippen LogP contribution in [0, 0.1) is 0 Å². The Morgan fingerprint density at radius 3 is 2.21 bits per heavy atom. The molecule has 0 aliphatic heterocycles. The van der Waals surface area contributed by atoms with Gasteiger partial charge >= 0.3 is 0 Å². The lowest BCUT2D eigenvalue weighted by Gasteiger charge is -2.12. The van der Waals surface area contributed by atoms with E-state index in [9.17, 15) is 0 Å². The van der Waals surface area contributed by atoms with Crippen LogP contribution in [-0.4, -0.2) is 7.05 Å². The number of hydrogen-bond acceptors (Lipinski definition) is 2. The molecule has 0 aromatic rings. The molecule has 1 nitrogen and oxygen atoms in total. The molecule has 0 aromatic heterocycles. The molecule has 82 valence electrons. The monoisotopic (exact) mass is 213 g/mol. The molecule has 0 saturated carbocycles. The number of allylic oxidation sites excluding steroid dienone is 2. The molecule has 0 saturated heterocycles. The maximum absolute atomic E-state index is 3.96. The zero-order valence-corrected chi connectivity index (χ0v) is 10.8. The molecule has 0 spiro atoms. The number of thioether (sulfide) groups is 1. The van der Waals surface area contributed by atoms with Crippen LogP contribution in [0.25, 0.3) is 0 Å². The van der Waals surface area contributed by atoms with E-state index in [-0.39, 0.29) is 0 Å². The van der Waals surface area contributed by atoms with Crippen LogP contribution in [0.2, 0.25) is 0 Å². The lowest BCUT2D eigenvalue weighted by Crippen LogP contribution is -2.01. The third-order valence-corrected chi connectivity index (χ3v) is 3.35. The van der Waals surface area contributed by atoms with E-state index in [0.29, 0.717) is 0 Å². The Morgan fingerprint density at radius 2 is 1.79 bits per heavy atom. The largest absolute Gasteiger partial charge is 0.383 e. The zero-order chi connectivity index (χ0) is 11.0. The van der Waals surface area contributed by atoms with Crippen molar-refractivity contribution in [3.8, 4) is 0 Å². The van der Waals surface area contributed by atoms with Crippen LogP contribution in [0.15, 0.2) is 22.1 Å². The predicted molar refractivity (Wildman–Crippen MR) is 68.3 cm³/mol. The summed E-state index contributed by atoms with van der Waals surface area (Å²) >= 11 is 1.79. The van der Waals surface area contributed by atoms with Crippen molar-refractivity contribution < 1.29 is 0 Å². The Hall–Kier alpha value is -0.370. The minimum absolute atomic E-state index is 1.05. The van der Waals surface area contributed by atoms with E-state index in [2.05, 4.69) is 32.7 Å². The molecular weight excluding hydrogens is 190 g/mol. The van der Waals surface area contributed by atoms with Crippen molar-refractivity contribution in [2.75, 3.05) is 7.05 Å². The van der Waals surface area contributed by atoms with Crippen LogP contribution >= 0.6 is 11.8 Å². The Kier molecular flexibility index (Phi) is 7.77. The maximum Gasteiger partial charge on any atom is 0.0650 e. The summed E-state index contributed by atoms with van der Waals surface area (Å²) < 4.78 is 0. The van der Waals surface area contributed by atoms with Gasteiger partial charge in [-0.05, 0) is 24.7 Å². The zero-order valence-electron chi connectivity index (χ0n) is 9.94. The summed E-state index contributed by atoms with van der Waals surface area (Å²) in [5.74, 6) is 0. The Balaban J connectivity index is 4.40. The molecular formula is C12H23NS. The fourth-order valence-corrected chi connectivity index (χ4v) is 2.27. The molecule has 0 atom stereocenters. The van der Waals surface area contributed by atoms with Gasteiger partial charge in [-0.2, -0.15) is 0 Å². The van der Waals surface area contributed by atoms with Crippen LogP contribution in [0.3, 0.4) is 0 Å². The lowest BCUT2D eigenvalue weighted by molar-refractivity contribution is 0.868. The molecule has 0 aliphatic carbocycles. The van der Waals surface area contributed by atoms with E-state index < -0.39 is 0 Å². The lowest BCUT2D eigenvalue weighted by atomic mass is 10.1. The van der Waals surface area contributed by atoms with E-state index >= 15 is 0 Å². The molecule has 14 heavy (non-hydrogen) atoms. The van der Waals surface area contributed by atoms with E-state index in [1.165, 1.54) is 36.2 Å². The average molecular weight is 213 g/mol. The summed E-state index contributed by atoms with van der Waals surface area (Å²) in [5.41, 5.74) is 1.52. The van der Waals surface area contributed by atoms with Crippen molar-refractivity contribution in [3.63, 3.8) is 0 Å². The molecule has 0 aliphatic rings. The molecule has 0 rings (SSSR count). The third-order valence-electron chi connectivity index (χ3n) is 2.10. The normalized spacial score (nSPS) is 12.3. The van der Waals surface area contributed by atoms with Crippen LogP contribution < -0.4 is 5.32 Å². The topological polar surface area (TPSA) is 12.0 Å². The first kappa shape index (κ1) is 13.6. The van der Waals surface area contributed by atoms with Gasteiger partial charge in [0.05, 0.1) is 5.03 Å². The smallest absolute Gasteiger partial charge is 0.0650 e. The third kappa shape index (κ3) is 5.38. The van der Waals surface area contributed by atoms with Gasteiger partial charge in [-0.1, -0.05) is 50.6 Å². The van der Waals surface area contributed by atoms with Gasteiger partial charge in [0.1, 0.15) is 0 Å². The van der Waals surface area contributed by atoms with E-state index in [4.69, 9.17) is 0 Å². The van der Waals surface area contributed by atoms with Crippen molar-refractivity contribution in [1.82, 2.24) is 5.32 Å². The molecule has 0 heterocycles. The van der Waals surface area contributed by atoms with Gasteiger partial charge in [0.15, 0.2) is 0 Å². The van der Waals surface area contributed by atoms with Crippen LogP contribution in [0.1, 0.15) is 46.5 Å². The highest BCUT2D eigenvalue weighted by Gasteiger charge is 2.03. The second kappa shape index (κ2) is 7.98. The Bertz CT molecular complexity index is 206. The molecule has 0 fully saturated rings. The van der Waals surface area contributed by atoms with Gasteiger partial charge in [-0.15, -0.1) is 0 Å². The first-order valence-corrected chi connectivity index (χ1v) is 6.20. The molecule has 0 bridgehead atoms. The van der Waals surface area contributed by atoms with Crippen LogP contribution in [0.5, 0.6) is 0 Å².